The van der Waals surface area contributed by atoms with Crippen LogP contribution in [0.25, 0.3) is 16.9 Å². The van der Waals surface area contributed by atoms with Crippen molar-refractivity contribution in [3.63, 3.8) is 0 Å². The molecule has 0 N–H and O–H groups in total. The fraction of sp³-hybridized carbons (Fsp3) is 0.381. The molecule has 9 heteroatoms. The molecule has 0 saturated carbocycles. The summed E-state index contributed by atoms with van der Waals surface area (Å²) >= 11 is 6.27. The maximum atomic E-state index is 13.4. The second-order valence-corrected chi connectivity index (χ2v) is 7.82. The molecule has 0 saturated heterocycles. The number of methoxy groups -OCH3 is 1. The SMILES string of the molecule is COCCCn1c(C)c(C)n2c3c(=O)n(Cc4ccccc4Cl)c(=O)n(C)c3nc12. The normalized spacial score (nSPS) is 11.8. The number of benzene rings is 1. The lowest BCUT2D eigenvalue weighted by molar-refractivity contribution is 0.190. The topological polar surface area (TPSA) is 75.5 Å². The van der Waals surface area contributed by atoms with Crippen LogP contribution < -0.4 is 11.2 Å². The number of fused-ring (bicyclic) bond motifs is 3. The minimum absolute atomic E-state index is 0.0981. The van der Waals surface area contributed by atoms with Crippen molar-refractivity contribution < 1.29 is 4.74 Å². The Balaban J connectivity index is 1.98. The molecule has 158 valence electrons. The highest BCUT2D eigenvalue weighted by Crippen LogP contribution is 2.21. The molecule has 3 aromatic heterocycles. The fourth-order valence-electron chi connectivity index (χ4n) is 3.89. The Bertz CT molecular complexity index is 1380. The molecule has 0 unspecified atom stereocenters. The summed E-state index contributed by atoms with van der Waals surface area (Å²) in [5.74, 6) is 0.652. The predicted molar refractivity (Wildman–Crippen MR) is 117 cm³/mol. The molecular formula is C21H24ClN5O3. The minimum Gasteiger partial charge on any atom is -0.385 e. The van der Waals surface area contributed by atoms with Gasteiger partial charge in [-0.05, 0) is 31.9 Å². The van der Waals surface area contributed by atoms with Crippen LogP contribution >= 0.6 is 11.6 Å². The van der Waals surface area contributed by atoms with Gasteiger partial charge in [0.15, 0.2) is 11.2 Å². The Morgan fingerprint density at radius 1 is 1.10 bits per heavy atom. The molecule has 0 radical (unpaired) electrons. The third-order valence-electron chi connectivity index (χ3n) is 5.65. The van der Waals surface area contributed by atoms with E-state index in [1.807, 2.05) is 36.4 Å². The van der Waals surface area contributed by atoms with Crippen LogP contribution in [-0.4, -0.2) is 36.8 Å². The Labute approximate surface area is 177 Å². The number of aryl methyl sites for hydroxylation is 3. The number of hydrogen-bond donors (Lipinski definition) is 0. The van der Waals surface area contributed by atoms with Crippen LogP contribution in [0, 0.1) is 13.8 Å². The smallest absolute Gasteiger partial charge is 0.332 e. The van der Waals surface area contributed by atoms with Crippen molar-refractivity contribution in [2.75, 3.05) is 13.7 Å². The Morgan fingerprint density at radius 3 is 2.53 bits per heavy atom. The van der Waals surface area contributed by atoms with Crippen LogP contribution in [0.15, 0.2) is 33.9 Å². The largest absolute Gasteiger partial charge is 0.385 e. The molecule has 3 heterocycles. The van der Waals surface area contributed by atoms with Gasteiger partial charge in [-0.15, -0.1) is 0 Å². The van der Waals surface area contributed by atoms with Crippen molar-refractivity contribution in [1.29, 1.82) is 0 Å². The van der Waals surface area contributed by atoms with E-state index in [4.69, 9.17) is 16.3 Å². The minimum atomic E-state index is -0.423. The average molecular weight is 430 g/mol. The first kappa shape index (κ1) is 20.4. The standard InChI is InChI=1S/C21H24ClN5O3/c1-13-14(2)27-17-18(23-20(27)25(13)10-7-11-30-4)24(3)21(29)26(19(17)28)12-15-8-5-6-9-16(15)22/h5-6,8-9H,7,10-12H2,1-4H3. The highest BCUT2D eigenvalue weighted by atomic mass is 35.5. The van der Waals surface area contributed by atoms with Gasteiger partial charge < -0.3 is 9.30 Å². The summed E-state index contributed by atoms with van der Waals surface area (Å²) in [6, 6.07) is 7.20. The van der Waals surface area contributed by atoms with Gasteiger partial charge in [0.1, 0.15) is 0 Å². The molecule has 30 heavy (non-hydrogen) atoms. The lowest BCUT2D eigenvalue weighted by Crippen LogP contribution is -2.39. The third-order valence-corrected chi connectivity index (χ3v) is 6.02. The number of halogens is 1. The van der Waals surface area contributed by atoms with Crippen LogP contribution in [0.2, 0.25) is 5.02 Å². The van der Waals surface area contributed by atoms with Gasteiger partial charge in [-0.1, -0.05) is 29.8 Å². The first-order valence-electron chi connectivity index (χ1n) is 9.76. The lowest BCUT2D eigenvalue weighted by atomic mass is 10.2. The Kier molecular flexibility index (Phi) is 5.29. The number of nitrogens with zero attached hydrogens (tertiary/aromatic N) is 5. The van der Waals surface area contributed by atoms with Crippen molar-refractivity contribution in [3.8, 4) is 0 Å². The van der Waals surface area contributed by atoms with Gasteiger partial charge in [0.25, 0.3) is 5.56 Å². The van der Waals surface area contributed by atoms with Crippen molar-refractivity contribution in [1.82, 2.24) is 23.1 Å². The molecular weight excluding hydrogens is 406 g/mol. The summed E-state index contributed by atoms with van der Waals surface area (Å²) in [5, 5.41) is 0.515. The number of ether oxygens (including phenoxy) is 1. The van der Waals surface area contributed by atoms with E-state index in [9.17, 15) is 9.59 Å². The van der Waals surface area contributed by atoms with Crippen molar-refractivity contribution >= 4 is 28.5 Å². The van der Waals surface area contributed by atoms with Gasteiger partial charge in [0.05, 0.1) is 6.54 Å². The Hall–Kier alpha value is -2.84. The molecule has 0 aliphatic rings. The molecule has 0 amide bonds. The van der Waals surface area contributed by atoms with E-state index in [1.54, 1.807) is 20.2 Å². The van der Waals surface area contributed by atoms with Gasteiger partial charge in [0.2, 0.25) is 5.78 Å². The zero-order valence-electron chi connectivity index (χ0n) is 17.5. The van der Waals surface area contributed by atoms with E-state index in [1.165, 1.54) is 9.13 Å². The molecule has 0 spiro atoms. The highest BCUT2D eigenvalue weighted by molar-refractivity contribution is 6.31. The summed E-state index contributed by atoms with van der Waals surface area (Å²) in [6.07, 6.45) is 0.819. The van der Waals surface area contributed by atoms with E-state index in [-0.39, 0.29) is 12.1 Å². The molecule has 0 fully saturated rings. The maximum Gasteiger partial charge on any atom is 0.332 e. The molecule has 1 aromatic carbocycles. The van der Waals surface area contributed by atoms with Crippen LogP contribution in [0.4, 0.5) is 0 Å². The zero-order chi connectivity index (χ0) is 21.6. The van der Waals surface area contributed by atoms with Crippen LogP contribution in [-0.2, 0) is 24.9 Å². The second-order valence-electron chi connectivity index (χ2n) is 7.41. The number of rotatable bonds is 6. The van der Waals surface area contributed by atoms with Crippen molar-refractivity contribution in [3.05, 3.63) is 67.1 Å². The van der Waals surface area contributed by atoms with Crippen LogP contribution in [0.1, 0.15) is 23.4 Å². The molecule has 8 nitrogen and oxygen atoms in total. The summed E-state index contributed by atoms with van der Waals surface area (Å²) < 4.78 is 11.7. The summed E-state index contributed by atoms with van der Waals surface area (Å²) in [5.41, 5.74) is 2.63. The molecule has 0 atom stereocenters. The van der Waals surface area contributed by atoms with E-state index in [2.05, 4.69) is 9.55 Å². The fourth-order valence-corrected chi connectivity index (χ4v) is 4.08. The lowest BCUT2D eigenvalue weighted by Gasteiger charge is -2.09. The van der Waals surface area contributed by atoms with E-state index in [0.29, 0.717) is 40.7 Å². The van der Waals surface area contributed by atoms with E-state index < -0.39 is 5.69 Å². The van der Waals surface area contributed by atoms with Crippen LogP contribution in [0.3, 0.4) is 0 Å². The quantitative estimate of drug-likeness (QED) is 0.441. The molecule has 0 bridgehead atoms. The third kappa shape index (κ3) is 3.07. The van der Waals surface area contributed by atoms with Crippen molar-refractivity contribution in [2.45, 2.75) is 33.4 Å². The van der Waals surface area contributed by atoms with Crippen molar-refractivity contribution in [2.24, 2.45) is 7.05 Å². The molecule has 0 aliphatic heterocycles. The Morgan fingerprint density at radius 2 is 1.83 bits per heavy atom. The molecule has 4 rings (SSSR count). The summed E-state index contributed by atoms with van der Waals surface area (Å²) in [7, 11) is 3.31. The van der Waals surface area contributed by atoms with Gasteiger partial charge in [-0.2, -0.15) is 4.98 Å². The average Bonchev–Trinajstić information content (AvgIpc) is 3.22. The maximum absolute atomic E-state index is 13.4. The number of imidazole rings is 2. The van der Waals surface area contributed by atoms with Gasteiger partial charge in [-0.3, -0.25) is 18.3 Å². The first-order valence-corrected chi connectivity index (χ1v) is 10.1. The van der Waals surface area contributed by atoms with Gasteiger partial charge in [-0.25, -0.2) is 4.79 Å². The van der Waals surface area contributed by atoms with Gasteiger partial charge >= 0.3 is 5.69 Å². The molecule has 0 aliphatic carbocycles. The second kappa shape index (κ2) is 7.77. The highest BCUT2D eigenvalue weighted by Gasteiger charge is 2.22. The first-order chi connectivity index (χ1) is 14.4. The zero-order valence-corrected chi connectivity index (χ0v) is 18.2. The monoisotopic (exact) mass is 429 g/mol. The van der Waals surface area contributed by atoms with Gasteiger partial charge in [0, 0.05) is 43.7 Å². The molecule has 4 aromatic rings. The number of aromatic nitrogens is 5. The summed E-state index contributed by atoms with van der Waals surface area (Å²) in [4.78, 5) is 31.1. The van der Waals surface area contributed by atoms with E-state index in [0.717, 1.165) is 17.8 Å². The number of hydrogen-bond acceptors (Lipinski definition) is 4. The predicted octanol–water partition coefficient (Wildman–Crippen LogP) is 2.50. The van der Waals surface area contributed by atoms with Crippen LogP contribution in [0.5, 0.6) is 0 Å². The van der Waals surface area contributed by atoms with E-state index >= 15 is 0 Å². The summed E-state index contributed by atoms with van der Waals surface area (Å²) in [6.45, 7) is 5.40.